The second-order valence-electron chi connectivity index (χ2n) is 6.31. The number of carbonyl (C=O) groups is 3. The first kappa shape index (κ1) is 17.4. The van der Waals surface area contributed by atoms with E-state index in [0.717, 1.165) is 25.9 Å². The zero-order valence-electron chi connectivity index (χ0n) is 14.1. The number of ether oxygens (including phenoxy) is 1. The summed E-state index contributed by atoms with van der Waals surface area (Å²) < 4.78 is 5.66. The van der Waals surface area contributed by atoms with Crippen LogP contribution in [0.3, 0.4) is 0 Å². The lowest BCUT2D eigenvalue weighted by molar-refractivity contribution is -0.120. The molecule has 3 rings (SSSR count). The van der Waals surface area contributed by atoms with E-state index in [1.807, 2.05) is 0 Å². The Morgan fingerprint density at radius 3 is 2.88 bits per heavy atom. The summed E-state index contributed by atoms with van der Waals surface area (Å²) in [6, 6.07) is 6.44. The summed E-state index contributed by atoms with van der Waals surface area (Å²) in [5.74, 6) is -0.522. The first-order valence-electron chi connectivity index (χ1n) is 8.75. The number of imide groups is 1. The van der Waals surface area contributed by atoms with Gasteiger partial charge in [-0.15, -0.1) is 0 Å². The third-order valence-corrected chi connectivity index (χ3v) is 4.52. The number of rotatable bonds is 5. The van der Waals surface area contributed by atoms with Crippen molar-refractivity contribution in [2.24, 2.45) is 0 Å². The summed E-state index contributed by atoms with van der Waals surface area (Å²) >= 11 is 0. The third-order valence-electron chi connectivity index (χ3n) is 4.52. The molecule has 25 heavy (non-hydrogen) atoms. The van der Waals surface area contributed by atoms with E-state index in [0.29, 0.717) is 17.8 Å². The van der Waals surface area contributed by atoms with Crippen molar-refractivity contribution in [2.75, 3.05) is 24.6 Å². The number of anilines is 1. The second-order valence-corrected chi connectivity index (χ2v) is 6.31. The number of benzene rings is 1. The standard InChI is InChI=1S/C18H23N3O4/c22-16-9-11-21(18(24)20-16)15-7-2-1-6-14(15)17(23)19-10-8-13-5-3-4-12-25-13/h1-2,6-7,13H,3-5,8-12H2,(H,19,23)(H,20,22,24). The maximum atomic E-state index is 12.5. The van der Waals surface area contributed by atoms with Crippen LogP contribution >= 0.6 is 0 Å². The molecule has 2 heterocycles. The van der Waals surface area contributed by atoms with Crippen LogP contribution in [0.1, 0.15) is 42.5 Å². The molecule has 0 spiro atoms. The molecule has 2 fully saturated rings. The van der Waals surface area contributed by atoms with Gasteiger partial charge in [0.2, 0.25) is 5.91 Å². The number of hydrogen-bond donors (Lipinski definition) is 2. The van der Waals surface area contributed by atoms with Crippen LogP contribution in [0, 0.1) is 0 Å². The lowest BCUT2D eigenvalue weighted by Crippen LogP contribution is -2.50. The molecule has 7 nitrogen and oxygen atoms in total. The number of nitrogens with one attached hydrogen (secondary N) is 2. The predicted octanol–water partition coefficient (Wildman–Crippen LogP) is 1.82. The molecule has 134 valence electrons. The van der Waals surface area contributed by atoms with Crippen LogP contribution in [-0.2, 0) is 9.53 Å². The molecule has 1 aromatic rings. The molecule has 0 aromatic heterocycles. The Kier molecular flexibility index (Phi) is 5.65. The number of urea groups is 1. The molecule has 1 atom stereocenters. The smallest absolute Gasteiger partial charge is 0.328 e. The van der Waals surface area contributed by atoms with Gasteiger partial charge in [0.25, 0.3) is 5.91 Å². The van der Waals surface area contributed by atoms with Gasteiger partial charge in [0.15, 0.2) is 0 Å². The Hall–Kier alpha value is -2.41. The van der Waals surface area contributed by atoms with Gasteiger partial charge in [-0.25, -0.2) is 4.79 Å². The van der Waals surface area contributed by atoms with Crippen molar-refractivity contribution in [3.05, 3.63) is 29.8 Å². The van der Waals surface area contributed by atoms with Gasteiger partial charge < -0.3 is 10.1 Å². The Bertz CT molecular complexity index is 655. The van der Waals surface area contributed by atoms with Crippen molar-refractivity contribution in [1.29, 1.82) is 0 Å². The van der Waals surface area contributed by atoms with Gasteiger partial charge in [0.1, 0.15) is 0 Å². The fraction of sp³-hybridized carbons (Fsp3) is 0.500. The van der Waals surface area contributed by atoms with Crippen LogP contribution in [0.4, 0.5) is 10.5 Å². The average molecular weight is 345 g/mol. The highest BCUT2D eigenvalue weighted by atomic mass is 16.5. The lowest BCUT2D eigenvalue weighted by atomic mass is 10.1. The van der Waals surface area contributed by atoms with E-state index >= 15 is 0 Å². The van der Waals surface area contributed by atoms with Crippen LogP contribution in [0.25, 0.3) is 0 Å². The van der Waals surface area contributed by atoms with Gasteiger partial charge in [-0.3, -0.25) is 19.8 Å². The second kappa shape index (κ2) is 8.11. The van der Waals surface area contributed by atoms with Crippen molar-refractivity contribution in [3.63, 3.8) is 0 Å². The maximum Gasteiger partial charge on any atom is 0.328 e. The minimum atomic E-state index is -0.493. The highest BCUT2D eigenvalue weighted by Gasteiger charge is 2.27. The average Bonchev–Trinajstić information content (AvgIpc) is 2.63. The highest BCUT2D eigenvalue weighted by Crippen LogP contribution is 2.22. The molecule has 2 aliphatic heterocycles. The number of nitrogens with zero attached hydrogens (tertiary/aromatic N) is 1. The number of para-hydroxylation sites is 1. The summed E-state index contributed by atoms with van der Waals surface area (Å²) in [6.45, 7) is 1.59. The van der Waals surface area contributed by atoms with Crippen LogP contribution in [0.5, 0.6) is 0 Å². The van der Waals surface area contributed by atoms with Crippen LogP contribution in [-0.4, -0.2) is 43.6 Å². The largest absolute Gasteiger partial charge is 0.378 e. The first-order valence-corrected chi connectivity index (χ1v) is 8.75. The van der Waals surface area contributed by atoms with E-state index in [9.17, 15) is 14.4 Å². The van der Waals surface area contributed by atoms with Crippen molar-refractivity contribution in [1.82, 2.24) is 10.6 Å². The molecule has 0 saturated carbocycles. The van der Waals surface area contributed by atoms with Crippen molar-refractivity contribution < 1.29 is 19.1 Å². The van der Waals surface area contributed by atoms with Crippen LogP contribution < -0.4 is 15.5 Å². The van der Waals surface area contributed by atoms with E-state index in [1.165, 1.54) is 11.3 Å². The van der Waals surface area contributed by atoms with Gasteiger partial charge in [-0.1, -0.05) is 12.1 Å². The van der Waals surface area contributed by atoms with Crippen LogP contribution in [0.15, 0.2) is 24.3 Å². The summed E-state index contributed by atoms with van der Waals surface area (Å²) in [4.78, 5) is 37.3. The molecule has 2 saturated heterocycles. The number of carbonyl (C=O) groups excluding carboxylic acids is 3. The molecule has 0 aliphatic carbocycles. The molecule has 1 aromatic carbocycles. The van der Waals surface area contributed by atoms with E-state index in [2.05, 4.69) is 10.6 Å². The maximum absolute atomic E-state index is 12.5. The zero-order chi connectivity index (χ0) is 17.6. The molecule has 2 N–H and O–H groups in total. The first-order chi connectivity index (χ1) is 12.1. The number of hydrogen-bond acceptors (Lipinski definition) is 4. The summed E-state index contributed by atoms with van der Waals surface area (Å²) in [5.41, 5.74) is 0.940. The van der Waals surface area contributed by atoms with Gasteiger partial charge in [-0.05, 0) is 37.8 Å². The molecule has 0 bridgehead atoms. The van der Waals surface area contributed by atoms with E-state index in [4.69, 9.17) is 4.74 Å². The minimum absolute atomic E-state index is 0.211. The Balaban J connectivity index is 1.62. The van der Waals surface area contributed by atoms with Crippen molar-refractivity contribution in [3.8, 4) is 0 Å². The molecular formula is C18H23N3O4. The van der Waals surface area contributed by atoms with Gasteiger partial charge in [0, 0.05) is 26.1 Å². The molecule has 2 aliphatic rings. The van der Waals surface area contributed by atoms with Crippen molar-refractivity contribution in [2.45, 2.75) is 38.2 Å². The predicted molar refractivity (Wildman–Crippen MR) is 92.5 cm³/mol. The normalized spacial score (nSPS) is 21.0. The number of amides is 4. The van der Waals surface area contributed by atoms with Gasteiger partial charge in [-0.2, -0.15) is 0 Å². The van der Waals surface area contributed by atoms with E-state index in [1.54, 1.807) is 24.3 Å². The summed E-state index contributed by atoms with van der Waals surface area (Å²) in [6.07, 6.45) is 4.53. The summed E-state index contributed by atoms with van der Waals surface area (Å²) in [7, 11) is 0. The zero-order valence-corrected chi connectivity index (χ0v) is 14.1. The molecular weight excluding hydrogens is 322 g/mol. The Labute approximate surface area is 146 Å². The molecule has 0 radical (unpaired) electrons. The monoisotopic (exact) mass is 345 g/mol. The lowest BCUT2D eigenvalue weighted by Gasteiger charge is -2.28. The minimum Gasteiger partial charge on any atom is -0.378 e. The fourth-order valence-corrected chi connectivity index (χ4v) is 3.17. The molecule has 4 amide bonds. The quantitative estimate of drug-likeness (QED) is 0.852. The highest BCUT2D eigenvalue weighted by molar-refractivity contribution is 6.09. The topological polar surface area (TPSA) is 87.7 Å². The molecule has 1 unspecified atom stereocenters. The Morgan fingerprint density at radius 1 is 1.28 bits per heavy atom. The van der Waals surface area contributed by atoms with Gasteiger partial charge >= 0.3 is 6.03 Å². The Morgan fingerprint density at radius 2 is 2.12 bits per heavy atom. The third kappa shape index (κ3) is 4.36. The van der Waals surface area contributed by atoms with E-state index < -0.39 is 6.03 Å². The van der Waals surface area contributed by atoms with Crippen molar-refractivity contribution >= 4 is 23.5 Å². The van der Waals surface area contributed by atoms with E-state index in [-0.39, 0.29) is 30.9 Å². The summed E-state index contributed by atoms with van der Waals surface area (Å²) in [5, 5.41) is 5.19. The SMILES string of the molecule is O=C1CCN(c2ccccc2C(=O)NCCC2CCCCO2)C(=O)N1. The van der Waals surface area contributed by atoms with Gasteiger partial charge in [0.05, 0.1) is 17.4 Å². The fourth-order valence-electron chi connectivity index (χ4n) is 3.17. The van der Waals surface area contributed by atoms with Crippen LogP contribution in [0.2, 0.25) is 0 Å². The molecule has 7 heteroatoms.